The highest BCUT2D eigenvalue weighted by Gasteiger charge is 2.21. The van der Waals surface area contributed by atoms with E-state index in [1.54, 1.807) is 0 Å². The van der Waals surface area contributed by atoms with E-state index in [2.05, 4.69) is 82.5 Å². The number of para-hydroxylation sites is 1. The molecule has 0 saturated heterocycles. The highest BCUT2D eigenvalue weighted by molar-refractivity contribution is 6.09. The summed E-state index contributed by atoms with van der Waals surface area (Å²) >= 11 is 0. The van der Waals surface area contributed by atoms with Gasteiger partial charge in [-0.25, -0.2) is 0 Å². The van der Waals surface area contributed by atoms with Crippen LogP contribution in [0.2, 0.25) is 0 Å². The van der Waals surface area contributed by atoms with E-state index in [0.29, 0.717) is 17.9 Å². The van der Waals surface area contributed by atoms with Gasteiger partial charge in [-0.1, -0.05) is 65.0 Å². The van der Waals surface area contributed by atoms with Gasteiger partial charge in [-0.05, 0) is 42.4 Å². The molecule has 1 aromatic heterocycles. The van der Waals surface area contributed by atoms with Crippen molar-refractivity contribution >= 4 is 21.8 Å². The average Bonchev–Trinajstić information content (AvgIpc) is 2.87. The number of fused-ring (bicyclic) bond motifs is 3. The third-order valence-electron chi connectivity index (χ3n) is 5.18. The molecular formula is C22H29N. The molecule has 0 aliphatic heterocycles. The molecule has 2 aromatic carbocycles. The summed E-state index contributed by atoms with van der Waals surface area (Å²) in [5, 5.41) is 2.80. The summed E-state index contributed by atoms with van der Waals surface area (Å²) in [5.41, 5.74) is 5.87. The second-order valence-corrected chi connectivity index (χ2v) is 7.42. The predicted octanol–water partition coefficient (Wildman–Crippen LogP) is 7.01. The third kappa shape index (κ3) is 2.47. The Hall–Kier alpha value is -1.76. The molecular weight excluding hydrogens is 278 g/mol. The third-order valence-corrected chi connectivity index (χ3v) is 5.18. The molecule has 0 radical (unpaired) electrons. The summed E-state index contributed by atoms with van der Waals surface area (Å²) in [5.74, 6) is 1.09. The van der Waals surface area contributed by atoms with E-state index in [-0.39, 0.29) is 0 Å². The minimum absolute atomic E-state index is 0.511. The maximum Gasteiger partial charge on any atom is 0.0531 e. The lowest BCUT2D eigenvalue weighted by Crippen LogP contribution is -2.08. The Balaban J connectivity index is 2.55. The van der Waals surface area contributed by atoms with Gasteiger partial charge in [0.1, 0.15) is 0 Å². The Morgan fingerprint density at radius 1 is 0.826 bits per heavy atom. The largest absolute Gasteiger partial charge is 0.337 e. The number of aromatic nitrogens is 1. The molecule has 1 nitrogen and oxygen atoms in total. The van der Waals surface area contributed by atoms with Crippen LogP contribution in [-0.2, 0) is 0 Å². The van der Waals surface area contributed by atoms with Gasteiger partial charge in [0.2, 0.25) is 0 Å². The summed E-state index contributed by atoms with van der Waals surface area (Å²) in [6, 6.07) is 14.1. The van der Waals surface area contributed by atoms with Gasteiger partial charge in [-0.2, -0.15) is 0 Å². The quantitative estimate of drug-likeness (QED) is 0.488. The molecule has 122 valence electrons. The fourth-order valence-electron chi connectivity index (χ4n) is 3.88. The smallest absolute Gasteiger partial charge is 0.0531 e. The van der Waals surface area contributed by atoms with Crippen molar-refractivity contribution in [2.75, 3.05) is 0 Å². The molecule has 0 amide bonds. The highest BCUT2D eigenvalue weighted by Crippen LogP contribution is 2.40. The molecule has 0 fully saturated rings. The van der Waals surface area contributed by atoms with Crippen molar-refractivity contribution in [2.45, 2.75) is 65.8 Å². The van der Waals surface area contributed by atoms with Gasteiger partial charge in [0, 0.05) is 22.3 Å². The van der Waals surface area contributed by atoms with Crippen LogP contribution in [0.4, 0.5) is 0 Å². The average molecular weight is 307 g/mol. The molecule has 0 spiro atoms. The first kappa shape index (κ1) is 16.1. The minimum Gasteiger partial charge on any atom is -0.337 e. The van der Waals surface area contributed by atoms with E-state index in [1.165, 1.54) is 32.9 Å². The summed E-state index contributed by atoms with van der Waals surface area (Å²) in [6.07, 6.45) is 1.15. The lowest BCUT2D eigenvalue weighted by atomic mass is 9.88. The summed E-state index contributed by atoms with van der Waals surface area (Å²) in [6.45, 7) is 13.9. The standard InChI is InChI=1S/C22H29N/c1-7-16(6)23-20-11-9-8-10-18(20)19-13-12-17(14(2)3)21(15(4)5)22(19)23/h8-16H,7H2,1-6H3. The number of rotatable bonds is 4. The van der Waals surface area contributed by atoms with Gasteiger partial charge in [-0.3, -0.25) is 0 Å². The van der Waals surface area contributed by atoms with Crippen molar-refractivity contribution in [1.82, 2.24) is 4.57 Å². The Morgan fingerprint density at radius 3 is 2.13 bits per heavy atom. The van der Waals surface area contributed by atoms with Crippen LogP contribution in [0, 0.1) is 0 Å². The van der Waals surface area contributed by atoms with Crippen LogP contribution in [0.1, 0.15) is 77.0 Å². The Bertz CT molecular complexity index is 836. The first-order valence-corrected chi connectivity index (χ1v) is 9.02. The number of hydrogen-bond acceptors (Lipinski definition) is 0. The summed E-state index contributed by atoms with van der Waals surface area (Å²) in [7, 11) is 0. The normalized spacial score (nSPS) is 13.6. The predicted molar refractivity (Wildman–Crippen MR) is 103 cm³/mol. The first-order valence-electron chi connectivity index (χ1n) is 9.02. The first-order chi connectivity index (χ1) is 11.0. The van der Waals surface area contributed by atoms with Gasteiger partial charge in [-0.15, -0.1) is 0 Å². The minimum atomic E-state index is 0.511. The Morgan fingerprint density at radius 2 is 1.52 bits per heavy atom. The van der Waals surface area contributed by atoms with E-state index >= 15 is 0 Å². The van der Waals surface area contributed by atoms with Crippen LogP contribution in [0.25, 0.3) is 21.8 Å². The van der Waals surface area contributed by atoms with Crippen LogP contribution in [-0.4, -0.2) is 4.57 Å². The topological polar surface area (TPSA) is 4.93 Å². The molecule has 23 heavy (non-hydrogen) atoms. The molecule has 1 heteroatoms. The van der Waals surface area contributed by atoms with Crippen molar-refractivity contribution in [3.05, 3.63) is 47.5 Å². The van der Waals surface area contributed by atoms with Gasteiger partial charge < -0.3 is 4.57 Å². The van der Waals surface area contributed by atoms with Gasteiger partial charge >= 0.3 is 0 Å². The maximum atomic E-state index is 2.59. The molecule has 0 bridgehead atoms. The fourth-order valence-corrected chi connectivity index (χ4v) is 3.88. The maximum absolute atomic E-state index is 2.59. The monoisotopic (exact) mass is 307 g/mol. The zero-order valence-corrected chi connectivity index (χ0v) is 15.4. The van der Waals surface area contributed by atoms with E-state index in [1.807, 2.05) is 0 Å². The lowest BCUT2D eigenvalue weighted by Gasteiger charge is -2.22. The van der Waals surface area contributed by atoms with Crippen LogP contribution in [0.3, 0.4) is 0 Å². The van der Waals surface area contributed by atoms with Crippen molar-refractivity contribution in [2.24, 2.45) is 0 Å². The zero-order chi connectivity index (χ0) is 16.7. The number of hydrogen-bond donors (Lipinski definition) is 0. The number of nitrogens with zero attached hydrogens (tertiary/aromatic N) is 1. The second-order valence-electron chi connectivity index (χ2n) is 7.42. The van der Waals surface area contributed by atoms with Gasteiger partial charge in [0.25, 0.3) is 0 Å². The second kappa shape index (κ2) is 6.03. The van der Waals surface area contributed by atoms with E-state index in [0.717, 1.165) is 6.42 Å². The lowest BCUT2D eigenvalue weighted by molar-refractivity contribution is 0.560. The van der Waals surface area contributed by atoms with Crippen molar-refractivity contribution in [3.63, 3.8) is 0 Å². The zero-order valence-electron chi connectivity index (χ0n) is 15.4. The van der Waals surface area contributed by atoms with Crippen LogP contribution in [0.15, 0.2) is 36.4 Å². The Labute approximate surface area is 140 Å². The number of benzene rings is 2. The molecule has 1 unspecified atom stereocenters. The van der Waals surface area contributed by atoms with Crippen LogP contribution in [0.5, 0.6) is 0 Å². The SMILES string of the molecule is CCC(C)n1c2ccccc2c2ccc(C(C)C)c(C(C)C)c21. The summed E-state index contributed by atoms with van der Waals surface area (Å²) < 4.78 is 2.59. The molecule has 0 aliphatic carbocycles. The van der Waals surface area contributed by atoms with Crippen LogP contribution >= 0.6 is 0 Å². The molecule has 1 atom stereocenters. The van der Waals surface area contributed by atoms with Crippen molar-refractivity contribution < 1.29 is 0 Å². The molecule has 3 rings (SSSR count). The molecule has 3 aromatic rings. The molecule has 0 N–H and O–H groups in total. The fraction of sp³-hybridized carbons (Fsp3) is 0.455. The van der Waals surface area contributed by atoms with Crippen LogP contribution < -0.4 is 0 Å². The summed E-state index contributed by atoms with van der Waals surface area (Å²) in [4.78, 5) is 0. The molecule has 0 aliphatic rings. The van der Waals surface area contributed by atoms with E-state index in [4.69, 9.17) is 0 Å². The van der Waals surface area contributed by atoms with Crippen molar-refractivity contribution in [3.8, 4) is 0 Å². The highest BCUT2D eigenvalue weighted by atomic mass is 15.0. The van der Waals surface area contributed by atoms with E-state index in [9.17, 15) is 0 Å². The molecule has 0 saturated carbocycles. The van der Waals surface area contributed by atoms with Gasteiger partial charge in [0.15, 0.2) is 0 Å². The Kier molecular flexibility index (Phi) is 4.23. The molecule has 1 heterocycles. The van der Waals surface area contributed by atoms with Crippen molar-refractivity contribution in [1.29, 1.82) is 0 Å². The van der Waals surface area contributed by atoms with E-state index < -0.39 is 0 Å². The van der Waals surface area contributed by atoms with Gasteiger partial charge in [0.05, 0.1) is 5.52 Å².